The molecule has 0 spiro atoms. The highest BCUT2D eigenvalue weighted by atomic mass is 16.2. The lowest BCUT2D eigenvalue weighted by atomic mass is 10.1. The van der Waals surface area contributed by atoms with Crippen molar-refractivity contribution in [2.75, 3.05) is 80.0 Å². The van der Waals surface area contributed by atoms with Crippen LogP contribution in [0.3, 0.4) is 0 Å². The molecule has 154 valence electrons. The summed E-state index contributed by atoms with van der Waals surface area (Å²) in [6.45, 7) is 19.0. The molecule has 0 aromatic heterocycles. The number of nitrogens with zero attached hydrogens (tertiary/aromatic N) is 5. The first-order chi connectivity index (χ1) is 12.2. The van der Waals surface area contributed by atoms with Gasteiger partial charge >= 0.3 is 0 Å². The van der Waals surface area contributed by atoms with E-state index in [0.29, 0.717) is 12.3 Å². The van der Waals surface area contributed by atoms with Crippen molar-refractivity contribution in [3.05, 3.63) is 0 Å². The number of hydrazine groups is 1. The first kappa shape index (κ1) is 23.3. The number of carbonyl (C=O) groups is 1. The average Bonchev–Trinajstić information content (AvgIpc) is 2.56. The molecule has 2 heterocycles. The molecule has 6 heteroatoms. The second-order valence-corrected chi connectivity index (χ2v) is 8.77. The predicted molar refractivity (Wildman–Crippen MR) is 110 cm³/mol. The molecule has 0 N–H and O–H groups in total. The van der Waals surface area contributed by atoms with Crippen molar-refractivity contribution >= 4 is 5.91 Å². The van der Waals surface area contributed by atoms with Gasteiger partial charge in [-0.05, 0) is 25.9 Å². The number of hydrogen-bond acceptors (Lipinski definition) is 5. The summed E-state index contributed by atoms with van der Waals surface area (Å²) in [4.78, 5) is 19.1. The van der Waals surface area contributed by atoms with Crippen molar-refractivity contribution in [2.24, 2.45) is 11.8 Å². The van der Waals surface area contributed by atoms with Crippen LogP contribution in [0, 0.1) is 11.8 Å². The number of carbonyl (C=O) groups excluding carboxylic acids is 1. The van der Waals surface area contributed by atoms with E-state index in [9.17, 15) is 4.79 Å². The van der Waals surface area contributed by atoms with Crippen LogP contribution in [-0.2, 0) is 4.79 Å². The van der Waals surface area contributed by atoms with Gasteiger partial charge in [0.25, 0.3) is 0 Å². The minimum absolute atomic E-state index is 0.231. The van der Waals surface area contributed by atoms with Gasteiger partial charge in [0, 0.05) is 72.4 Å². The van der Waals surface area contributed by atoms with Crippen molar-refractivity contribution in [1.82, 2.24) is 24.7 Å². The van der Waals surface area contributed by atoms with Gasteiger partial charge in [-0.3, -0.25) is 9.80 Å². The SMILES string of the molecule is CC(C)CC(=O)N(C)N1CCN(C)CC1.CC(C)CN1CCN(C)CC1. The molecule has 2 saturated heterocycles. The van der Waals surface area contributed by atoms with Crippen LogP contribution < -0.4 is 0 Å². The lowest BCUT2D eigenvalue weighted by Crippen LogP contribution is -2.53. The third kappa shape index (κ3) is 9.31. The topological polar surface area (TPSA) is 33.3 Å². The van der Waals surface area contributed by atoms with Gasteiger partial charge in [0.05, 0.1) is 0 Å². The summed E-state index contributed by atoms with van der Waals surface area (Å²) in [7, 11) is 6.20. The zero-order valence-electron chi connectivity index (χ0n) is 18.4. The fourth-order valence-corrected chi connectivity index (χ4v) is 3.28. The van der Waals surface area contributed by atoms with Crippen LogP contribution in [0.2, 0.25) is 0 Å². The maximum absolute atomic E-state index is 11.8. The Morgan fingerprint density at radius 2 is 1.27 bits per heavy atom. The third-order valence-electron chi connectivity index (χ3n) is 5.07. The molecule has 2 fully saturated rings. The molecule has 0 aromatic rings. The van der Waals surface area contributed by atoms with E-state index < -0.39 is 0 Å². The zero-order valence-corrected chi connectivity index (χ0v) is 18.4. The fourth-order valence-electron chi connectivity index (χ4n) is 3.28. The van der Waals surface area contributed by atoms with Gasteiger partial charge in [0.2, 0.25) is 5.91 Å². The standard InChI is InChI=1S/C11H23N3O.C9H20N2/c1-10(2)9-11(15)13(4)14-7-5-12(3)6-8-14;1-9(2)8-11-6-4-10(3)5-7-11/h10H,5-9H2,1-4H3;9H,4-8H2,1-3H3. The van der Waals surface area contributed by atoms with E-state index in [2.05, 4.69) is 61.5 Å². The van der Waals surface area contributed by atoms with Crippen LogP contribution in [0.15, 0.2) is 0 Å². The fraction of sp³-hybridized carbons (Fsp3) is 0.950. The normalized spacial score (nSPS) is 21.0. The van der Waals surface area contributed by atoms with Crippen molar-refractivity contribution in [2.45, 2.75) is 34.1 Å². The first-order valence-electron chi connectivity index (χ1n) is 10.3. The minimum atomic E-state index is 0.231. The molecule has 0 aliphatic carbocycles. The summed E-state index contributed by atoms with van der Waals surface area (Å²) in [6, 6.07) is 0. The zero-order chi connectivity index (χ0) is 19.7. The predicted octanol–water partition coefficient (Wildman–Crippen LogP) is 1.54. The summed E-state index contributed by atoms with van der Waals surface area (Å²) in [6.07, 6.45) is 0.642. The molecule has 26 heavy (non-hydrogen) atoms. The monoisotopic (exact) mass is 369 g/mol. The lowest BCUT2D eigenvalue weighted by molar-refractivity contribution is -0.149. The first-order valence-corrected chi connectivity index (χ1v) is 10.3. The minimum Gasteiger partial charge on any atom is -0.304 e. The van der Waals surface area contributed by atoms with Crippen molar-refractivity contribution < 1.29 is 4.79 Å². The van der Waals surface area contributed by atoms with E-state index in [0.717, 1.165) is 32.1 Å². The van der Waals surface area contributed by atoms with E-state index in [1.165, 1.54) is 32.7 Å². The third-order valence-corrected chi connectivity index (χ3v) is 5.07. The van der Waals surface area contributed by atoms with Gasteiger partial charge in [0.15, 0.2) is 0 Å². The molecule has 0 radical (unpaired) electrons. The second-order valence-electron chi connectivity index (χ2n) is 8.77. The van der Waals surface area contributed by atoms with E-state index in [4.69, 9.17) is 0 Å². The Morgan fingerprint density at radius 3 is 1.69 bits per heavy atom. The number of hydrogen-bond donors (Lipinski definition) is 0. The van der Waals surface area contributed by atoms with Crippen molar-refractivity contribution in [1.29, 1.82) is 0 Å². The highest BCUT2D eigenvalue weighted by molar-refractivity contribution is 5.75. The van der Waals surface area contributed by atoms with E-state index >= 15 is 0 Å². The van der Waals surface area contributed by atoms with Crippen LogP contribution in [0.1, 0.15) is 34.1 Å². The van der Waals surface area contributed by atoms with Crippen LogP contribution in [-0.4, -0.2) is 111 Å². The molecule has 0 aromatic carbocycles. The quantitative estimate of drug-likeness (QED) is 0.734. The Labute approximate surface area is 162 Å². The van der Waals surface area contributed by atoms with Gasteiger partial charge in [0.1, 0.15) is 0 Å². The highest BCUT2D eigenvalue weighted by Crippen LogP contribution is 2.08. The molecule has 0 saturated carbocycles. The summed E-state index contributed by atoms with van der Waals surface area (Å²) in [5.74, 6) is 1.49. The molecular formula is C20H43N5O. The molecule has 2 rings (SSSR count). The largest absolute Gasteiger partial charge is 0.304 e. The lowest BCUT2D eigenvalue weighted by Gasteiger charge is -2.38. The van der Waals surface area contributed by atoms with E-state index in [-0.39, 0.29) is 5.91 Å². The summed E-state index contributed by atoms with van der Waals surface area (Å²) in [5, 5.41) is 3.94. The summed E-state index contributed by atoms with van der Waals surface area (Å²) in [5.41, 5.74) is 0. The summed E-state index contributed by atoms with van der Waals surface area (Å²) < 4.78 is 0. The maximum Gasteiger partial charge on any atom is 0.236 e. The molecule has 0 unspecified atom stereocenters. The molecule has 1 amide bonds. The van der Waals surface area contributed by atoms with Crippen LogP contribution in [0.4, 0.5) is 0 Å². The van der Waals surface area contributed by atoms with E-state index in [1.807, 2.05) is 7.05 Å². The Balaban J connectivity index is 0.000000273. The number of rotatable bonds is 5. The van der Waals surface area contributed by atoms with Gasteiger partial charge in [-0.15, -0.1) is 0 Å². The average molecular weight is 370 g/mol. The molecule has 2 aliphatic heterocycles. The number of amides is 1. The molecular weight excluding hydrogens is 326 g/mol. The number of likely N-dealkylation sites (N-methyl/N-ethyl adjacent to an activating group) is 2. The number of piperazine rings is 2. The van der Waals surface area contributed by atoms with Crippen LogP contribution in [0.5, 0.6) is 0 Å². The molecule has 0 atom stereocenters. The van der Waals surface area contributed by atoms with Gasteiger partial charge < -0.3 is 14.7 Å². The Kier molecular flexibility index (Phi) is 10.7. The second kappa shape index (κ2) is 11.9. The van der Waals surface area contributed by atoms with Gasteiger partial charge in [-0.1, -0.05) is 27.7 Å². The highest BCUT2D eigenvalue weighted by Gasteiger charge is 2.21. The smallest absolute Gasteiger partial charge is 0.236 e. The van der Waals surface area contributed by atoms with Crippen LogP contribution in [0.25, 0.3) is 0 Å². The van der Waals surface area contributed by atoms with Gasteiger partial charge in [-0.25, -0.2) is 5.01 Å². The Hall–Kier alpha value is -0.690. The molecule has 0 bridgehead atoms. The van der Waals surface area contributed by atoms with Gasteiger partial charge in [-0.2, -0.15) is 0 Å². The van der Waals surface area contributed by atoms with E-state index in [1.54, 1.807) is 5.01 Å². The van der Waals surface area contributed by atoms with Crippen molar-refractivity contribution in [3.8, 4) is 0 Å². The van der Waals surface area contributed by atoms with Crippen molar-refractivity contribution in [3.63, 3.8) is 0 Å². The Bertz CT molecular complexity index is 386. The molecule has 6 nitrogen and oxygen atoms in total. The van der Waals surface area contributed by atoms with Crippen LogP contribution >= 0.6 is 0 Å². The molecule has 2 aliphatic rings. The maximum atomic E-state index is 11.8. The summed E-state index contributed by atoms with van der Waals surface area (Å²) >= 11 is 0. The Morgan fingerprint density at radius 1 is 0.808 bits per heavy atom.